The van der Waals surface area contributed by atoms with Crippen molar-refractivity contribution in [2.45, 2.75) is 12.8 Å². The summed E-state index contributed by atoms with van der Waals surface area (Å²) in [5, 5.41) is 6.50. The van der Waals surface area contributed by atoms with Crippen molar-refractivity contribution in [2.24, 2.45) is 4.99 Å². The Morgan fingerprint density at radius 3 is 2.04 bits per heavy atom. The molecule has 0 bridgehead atoms. The number of guanidine groups is 1. The number of likely N-dealkylation sites (N-methyl/N-ethyl adjacent to an activating group) is 1. The van der Waals surface area contributed by atoms with Crippen LogP contribution in [0, 0.1) is 5.82 Å². The van der Waals surface area contributed by atoms with Crippen LogP contribution in [0.4, 0.5) is 4.39 Å². The summed E-state index contributed by atoms with van der Waals surface area (Å²) in [6, 6.07) is 16.6. The molecule has 0 aromatic heterocycles. The normalized spacial score (nSPS) is 11.1. The van der Waals surface area contributed by atoms with E-state index in [0.29, 0.717) is 19.0 Å². The molecule has 2 rings (SSSR count). The molecular formula is C21H27FN4O. The number of amides is 1. The van der Waals surface area contributed by atoms with Gasteiger partial charge in [0.25, 0.3) is 0 Å². The number of aliphatic imine (C=N–C) groups is 1. The SMILES string of the molecule is CN(C)C(=O)CN=C(NCCc1ccccc1)NCCc1ccc(F)cc1. The van der Waals surface area contributed by atoms with E-state index in [2.05, 4.69) is 27.8 Å². The largest absolute Gasteiger partial charge is 0.356 e. The predicted molar refractivity (Wildman–Crippen MR) is 107 cm³/mol. The quantitative estimate of drug-likeness (QED) is 0.553. The molecule has 0 fully saturated rings. The van der Waals surface area contributed by atoms with E-state index in [9.17, 15) is 9.18 Å². The molecule has 0 saturated carbocycles. The van der Waals surface area contributed by atoms with Crippen molar-refractivity contribution in [2.75, 3.05) is 33.7 Å². The van der Waals surface area contributed by atoms with Gasteiger partial charge in [-0.15, -0.1) is 0 Å². The number of carbonyl (C=O) groups excluding carboxylic acids is 1. The molecule has 0 aliphatic heterocycles. The number of carbonyl (C=O) groups is 1. The minimum atomic E-state index is -0.237. The standard InChI is InChI=1S/C21H27FN4O/c1-26(2)20(27)16-25-21(23-14-12-17-6-4-3-5-7-17)24-15-13-18-8-10-19(22)11-9-18/h3-11H,12-16H2,1-2H3,(H2,23,24,25). The summed E-state index contributed by atoms with van der Waals surface area (Å²) in [6.45, 7) is 1.44. The summed E-state index contributed by atoms with van der Waals surface area (Å²) < 4.78 is 13.0. The van der Waals surface area contributed by atoms with Gasteiger partial charge in [0.05, 0.1) is 0 Å². The fourth-order valence-corrected chi connectivity index (χ4v) is 2.41. The number of nitrogens with zero attached hydrogens (tertiary/aromatic N) is 2. The van der Waals surface area contributed by atoms with Gasteiger partial charge in [-0.05, 0) is 36.1 Å². The van der Waals surface area contributed by atoms with E-state index in [4.69, 9.17) is 0 Å². The molecule has 2 aromatic rings. The molecule has 6 heteroatoms. The van der Waals surface area contributed by atoms with Gasteiger partial charge in [0, 0.05) is 27.2 Å². The van der Waals surface area contributed by atoms with E-state index in [1.54, 1.807) is 26.2 Å². The van der Waals surface area contributed by atoms with Crippen LogP contribution >= 0.6 is 0 Å². The van der Waals surface area contributed by atoms with E-state index in [-0.39, 0.29) is 18.3 Å². The van der Waals surface area contributed by atoms with Gasteiger partial charge < -0.3 is 15.5 Å². The lowest BCUT2D eigenvalue weighted by Gasteiger charge is -2.14. The van der Waals surface area contributed by atoms with Crippen LogP contribution in [0.2, 0.25) is 0 Å². The highest BCUT2D eigenvalue weighted by Gasteiger charge is 2.05. The zero-order valence-electron chi connectivity index (χ0n) is 15.9. The lowest BCUT2D eigenvalue weighted by molar-refractivity contribution is -0.127. The Morgan fingerprint density at radius 2 is 1.48 bits per heavy atom. The Hall–Kier alpha value is -2.89. The van der Waals surface area contributed by atoms with E-state index in [1.165, 1.54) is 22.6 Å². The van der Waals surface area contributed by atoms with Gasteiger partial charge in [-0.25, -0.2) is 9.38 Å². The summed E-state index contributed by atoms with van der Waals surface area (Å²) in [5.74, 6) is 0.305. The maximum atomic E-state index is 13.0. The lowest BCUT2D eigenvalue weighted by Crippen LogP contribution is -2.40. The van der Waals surface area contributed by atoms with Crippen molar-refractivity contribution < 1.29 is 9.18 Å². The fraction of sp³-hybridized carbons (Fsp3) is 0.333. The first-order chi connectivity index (χ1) is 13.0. The zero-order chi connectivity index (χ0) is 19.5. The Labute approximate surface area is 160 Å². The summed E-state index contributed by atoms with van der Waals surface area (Å²) in [7, 11) is 3.42. The average molecular weight is 370 g/mol. The summed E-state index contributed by atoms with van der Waals surface area (Å²) in [6.07, 6.45) is 1.60. The predicted octanol–water partition coefficient (Wildman–Crippen LogP) is 2.23. The Morgan fingerprint density at radius 1 is 0.926 bits per heavy atom. The molecular weight excluding hydrogens is 343 g/mol. The van der Waals surface area contributed by atoms with Crippen molar-refractivity contribution in [1.29, 1.82) is 0 Å². The van der Waals surface area contributed by atoms with Crippen molar-refractivity contribution in [3.8, 4) is 0 Å². The van der Waals surface area contributed by atoms with Crippen molar-refractivity contribution in [3.05, 3.63) is 71.5 Å². The second kappa shape index (κ2) is 11.0. The van der Waals surface area contributed by atoms with Gasteiger partial charge in [0.15, 0.2) is 5.96 Å². The monoisotopic (exact) mass is 370 g/mol. The van der Waals surface area contributed by atoms with Gasteiger partial charge in [-0.3, -0.25) is 4.79 Å². The fourth-order valence-electron chi connectivity index (χ4n) is 2.41. The van der Waals surface area contributed by atoms with Crippen LogP contribution in [-0.4, -0.2) is 50.5 Å². The highest BCUT2D eigenvalue weighted by atomic mass is 19.1. The van der Waals surface area contributed by atoms with Crippen LogP contribution < -0.4 is 10.6 Å². The summed E-state index contributed by atoms with van der Waals surface area (Å²) >= 11 is 0. The van der Waals surface area contributed by atoms with Crippen LogP contribution in [0.25, 0.3) is 0 Å². The lowest BCUT2D eigenvalue weighted by atomic mass is 10.1. The molecule has 1 amide bonds. The molecule has 0 radical (unpaired) electrons. The molecule has 0 heterocycles. The van der Waals surface area contributed by atoms with Crippen molar-refractivity contribution in [3.63, 3.8) is 0 Å². The van der Waals surface area contributed by atoms with Crippen molar-refractivity contribution >= 4 is 11.9 Å². The van der Waals surface area contributed by atoms with Gasteiger partial charge in [0.1, 0.15) is 12.4 Å². The van der Waals surface area contributed by atoms with Gasteiger partial charge in [0.2, 0.25) is 5.91 Å². The first-order valence-corrected chi connectivity index (χ1v) is 9.05. The molecule has 0 aliphatic carbocycles. The van der Waals surface area contributed by atoms with Gasteiger partial charge in [-0.2, -0.15) is 0 Å². The molecule has 144 valence electrons. The van der Waals surface area contributed by atoms with E-state index in [0.717, 1.165) is 18.4 Å². The zero-order valence-corrected chi connectivity index (χ0v) is 15.9. The smallest absolute Gasteiger partial charge is 0.243 e. The first-order valence-electron chi connectivity index (χ1n) is 9.05. The minimum Gasteiger partial charge on any atom is -0.356 e. The number of rotatable bonds is 8. The molecule has 0 aliphatic rings. The van der Waals surface area contributed by atoms with Crippen molar-refractivity contribution in [1.82, 2.24) is 15.5 Å². The molecule has 5 nitrogen and oxygen atoms in total. The Bertz CT molecular complexity index is 730. The van der Waals surface area contributed by atoms with E-state index >= 15 is 0 Å². The number of nitrogens with one attached hydrogen (secondary N) is 2. The number of halogens is 1. The molecule has 27 heavy (non-hydrogen) atoms. The third kappa shape index (κ3) is 7.90. The van der Waals surface area contributed by atoms with E-state index in [1.807, 2.05) is 18.2 Å². The van der Waals surface area contributed by atoms with Crippen LogP contribution in [0.15, 0.2) is 59.6 Å². The first kappa shape index (κ1) is 20.4. The van der Waals surface area contributed by atoms with Crippen LogP contribution in [-0.2, 0) is 17.6 Å². The molecule has 2 N–H and O–H groups in total. The second-order valence-electron chi connectivity index (χ2n) is 6.42. The highest BCUT2D eigenvalue weighted by molar-refractivity contribution is 5.84. The molecule has 2 aromatic carbocycles. The van der Waals surface area contributed by atoms with Crippen LogP contribution in [0.1, 0.15) is 11.1 Å². The summed E-state index contributed by atoms with van der Waals surface area (Å²) in [5.41, 5.74) is 2.27. The molecule has 0 spiro atoms. The van der Waals surface area contributed by atoms with Gasteiger partial charge in [-0.1, -0.05) is 42.5 Å². The maximum Gasteiger partial charge on any atom is 0.243 e. The summed E-state index contributed by atoms with van der Waals surface area (Å²) in [4.78, 5) is 17.7. The average Bonchev–Trinajstić information content (AvgIpc) is 2.67. The molecule has 0 atom stereocenters. The number of hydrogen-bond donors (Lipinski definition) is 2. The van der Waals surface area contributed by atoms with Gasteiger partial charge >= 0.3 is 0 Å². The van der Waals surface area contributed by atoms with Crippen LogP contribution in [0.3, 0.4) is 0 Å². The topological polar surface area (TPSA) is 56.7 Å². The highest BCUT2D eigenvalue weighted by Crippen LogP contribution is 2.02. The Kier molecular flexibility index (Phi) is 8.29. The number of hydrogen-bond acceptors (Lipinski definition) is 2. The van der Waals surface area contributed by atoms with E-state index < -0.39 is 0 Å². The minimum absolute atomic E-state index is 0.0577. The third-order valence-corrected chi connectivity index (χ3v) is 4.04. The number of benzene rings is 2. The second-order valence-corrected chi connectivity index (χ2v) is 6.42. The molecule has 0 saturated heterocycles. The maximum absolute atomic E-state index is 13.0. The third-order valence-electron chi connectivity index (χ3n) is 4.04. The molecule has 0 unspecified atom stereocenters. The van der Waals surface area contributed by atoms with Crippen LogP contribution in [0.5, 0.6) is 0 Å². The Balaban J connectivity index is 1.86.